The van der Waals surface area contributed by atoms with Crippen LogP contribution < -0.4 is 9.61 Å². The zero-order valence-electron chi connectivity index (χ0n) is 24.2. The van der Waals surface area contributed by atoms with Gasteiger partial charge in [-0.1, -0.05) is 73.2 Å². The largest absolute Gasteiger partial charge is 0.489 e. The number of amides is 2. The summed E-state index contributed by atoms with van der Waals surface area (Å²) in [5, 5.41) is 10.9. The van der Waals surface area contributed by atoms with Gasteiger partial charge in [0.05, 0.1) is 16.9 Å². The van der Waals surface area contributed by atoms with E-state index in [1.54, 1.807) is 11.8 Å². The summed E-state index contributed by atoms with van der Waals surface area (Å²) < 4.78 is 6.43. The molecule has 10 heteroatoms. The highest BCUT2D eigenvalue weighted by atomic mass is 32.2. The van der Waals surface area contributed by atoms with Gasteiger partial charge in [0, 0.05) is 21.6 Å². The second kappa shape index (κ2) is 10.7. The van der Waals surface area contributed by atoms with Gasteiger partial charge in [0.1, 0.15) is 18.4 Å². The topological polar surface area (TPSA) is 117 Å². The number of hydrogen-bond acceptors (Lipinski definition) is 7. The van der Waals surface area contributed by atoms with Gasteiger partial charge >= 0.3 is 10.8 Å². The Bertz CT molecular complexity index is 1680. The number of carboxylic acids is 1. The number of ether oxygens (including phenoxy) is 1. The van der Waals surface area contributed by atoms with Crippen LogP contribution in [0, 0.1) is 42.4 Å². The van der Waals surface area contributed by atoms with Gasteiger partial charge in [0.25, 0.3) is 0 Å². The average Bonchev–Trinajstić information content (AvgIpc) is 3.70. The van der Waals surface area contributed by atoms with Crippen molar-refractivity contribution in [1.29, 1.82) is 0 Å². The minimum Gasteiger partial charge on any atom is -0.489 e. The third-order valence-corrected chi connectivity index (χ3v) is 12.4. The van der Waals surface area contributed by atoms with Gasteiger partial charge in [0.15, 0.2) is 0 Å². The number of thiazole rings is 1. The Labute approximate surface area is 257 Å². The molecular formula is C33H34N2O6S2. The monoisotopic (exact) mass is 618 g/mol. The summed E-state index contributed by atoms with van der Waals surface area (Å²) in [7, 11) is 0. The quantitative estimate of drug-likeness (QED) is 0.329. The molecular weight excluding hydrogens is 585 g/mol. The van der Waals surface area contributed by atoms with E-state index in [2.05, 4.69) is 17.1 Å². The number of para-hydroxylation sites is 1. The predicted molar refractivity (Wildman–Crippen MR) is 163 cm³/mol. The number of carbonyl (C=O) groups excluding carboxylic acids is 2. The van der Waals surface area contributed by atoms with Crippen LogP contribution in [0.15, 0.2) is 58.4 Å². The number of carbonyl (C=O) groups is 3. The second-order valence-corrected chi connectivity index (χ2v) is 15.0. The van der Waals surface area contributed by atoms with Gasteiger partial charge in [-0.2, -0.15) is 0 Å². The molecule has 4 aliphatic rings. The summed E-state index contributed by atoms with van der Waals surface area (Å²) in [6.45, 7) is 6.25. The lowest BCUT2D eigenvalue weighted by molar-refractivity contribution is -0.156. The van der Waals surface area contributed by atoms with Crippen molar-refractivity contribution in [3.8, 4) is 5.75 Å². The van der Waals surface area contributed by atoms with Gasteiger partial charge in [-0.25, -0.2) is 4.79 Å². The zero-order chi connectivity index (χ0) is 30.2. The van der Waals surface area contributed by atoms with Gasteiger partial charge in [0.2, 0.25) is 11.8 Å². The van der Waals surface area contributed by atoms with Crippen molar-refractivity contribution in [2.75, 3.05) is 0 Å². The Morgan fingerprint density at radius 3 is 2.53 bits per heavy atom. The number of aryl methyl sites for hydroxylation is 1. The number of H-pyrrole nitrogens is 1. The molecule has 8 nitrogen and oxygen atoms in total. The molecule has 224 valence electrons. The van der Waals surface area contributed by atoms with Crippen molar-refractivity contribution in [1.82, 2.24) is 9.88 Å². The molecule has 2 amide bonds. The van der Waals surface area contributed by atoms with Gasteiger partial charge in [-0.05, 0) is 55.1 Å². The van der Waals surface area contributed by atoms with E-state index in [0.29, 0.717) is 6.61 Å². The minimum atomic E-state index is -1.15. The molecule has 2 N–H and O–H groups in total. The summed E-state index contributed by atoms with van der Waals surface area (Å²) in [6, 6.07) is 15.0. The van der Waals surface area contributed by atoms with Crippen LogP contribution in [0.1, 0.15) is 54.2 Å². The van der Waals surface area contributed by atoms with Crippen molar-refractivity contribution in [3.63, 3.8) is 0 Å². The Hall–Kier alpha value is -3.37. The number of rotatable bonds is 8. The standard InChI is InChI=1S/C33H34N2O6S2/c1-15(2)11-21(32(38)39)35-30(36)25-19-13-20(26(25)31(35)37)27-24(19)23(28-29(42-27)34-33(40)43-28)18-9-4-5-10-22(18)41-14-17-8-6-7-16(3)12-17/h4-10,12,15,19-21,23-27H,11,13-14H2,1-3H3,(H,34,40)(H,38,39)/t19?,20?,21?,23-,24?,25?,26?,27?/m1/s1. The Kier molecular flexibility index (Phi) is 7.04. The Morgan fingerprint density at radius 1 is 1.07 bits per heavy atom. The van der Waals surface area contributed by atoms with Crippen molar-refractivity contribution >= 4 is 40.9 Å². The highest BCUT2D eigenvalue weighted by Crippen LogP contribution is 2.69. The SMILES string of the molecule is Cc1cccc(COc2ccccc2[C@H]2c3sc(=O)[nH]c3SC3C4CC(C5C(=O)N(C(CC(C)C)C(=O)O)C(=O)C45)C32)c1. The van der Waals surface area contributed by atoms with Crippen LogP contribution in [0.4, 0.5) is 0 Å². The predicted octanol–water partition coefficient (Wildman–Crippen LogP) is 5.30. The van der Waals surface area contributed by atoms with Crippen LogP contribution in [0.25, 0.3) is 0 Å². The number of aromatic nitrogens is 1. The molecule has 2 saturated carbocycles. The number of hydrogen-bond donors (Lipinski definition) is 2. The van der Waals surface area contributed by atoms with E-state index in [9.17, 15) is 24.3 Å². The smallest absolute Gasteiger partial charge is 0.326 e. The van der Waals surface area contributed by atoms with Crippen molar-refractivity contribution in [3.05, 3.63) is 79.8 Å². The van der Waals surface area contributed by atoms with Crippen LogP contribution in [0.3, 0.4) is 0 Å². The third-order valence-electron chi connectivity index (χ3n) is 9.78. The molecule has 2 bridgehead atoms. The second-order valence-electron chi connectivity index (χ2n) is 12.8. The lowest BCUT2D eigenvalue weighted by atomic mass is 9.68. The van der Waals surface area contributed by atoms with Gasteiger partial charge in [-0.15, -0.1) is 11.8 Å². The van der Waals surface area contributed by atoms with E-state index in [1.165, 1.54) is 11.3 Å². The van der Waals surface area contributed by atoms with Gasteiger partial charge < -0.3 is 14.8 Å². The molecule has 0 radical (unpaired) electrons. The molecule has 2 aliphatic carbocycles. The summed E-state index contributed by atoms with van der Waals surface area (Å²) in [6.07, 6.45) is 0.975. The molecule has 2 aliphatic heterocycles. The van der Waals surface area contributed by atoms with E-state index in [0.717, 1.165) is 43.7 Å². The molecule has 2 aromatic carbocycles. The number of imide groups is 1. The number of nitrogens with one attached hydrogen (secondary N) is 1. The van der Waals surface area contributed by atoms with Crippen molar-refractivity contribution < 1.29 is 24.2 Å². The minimum absolute atomic E-state index is 0.00370. The van der Waals surface area contributed by atoms with Crippen LogP contribution >= 0.6 is 23.1 Å². The summed E-state index contributed by atoms with van der Waals surface area (Å²) >= 11 is 2.83. The summed E-state index contributed by atoms with van der Waals surface area (Å²) in [5.74, 6) is -2.44. The zero-order valence-corrected chi connectivity index (χ0v) is 25.8. The van der Waals surface area contributed by atoms with Crippen LogP contribution in [-0.2, 0) is 21.0 Å². The highest BCUT2D eigenvalue weighted by molar-refractivity contribution is 8.00. The molecule has 3 heterocycles. The molecule has 7 rings (SSSR count). The third kappa shape index (κ3) is 4.56. The number of carboxylic acid groups (broad SMARTS) is 1. The molecule has 3 fully saturated rings. The molecule has 7 unspecified atom stereocenters. The first kappa shape index (κ1) is 28.4. The fraction of sp³-hybridized carbons (Fsp3) is 0.455. The number of thioether (sulfide) groups is 1. The van der Waals surface area contributed by atoms with E-state index >= 15 is 0 Å². The van der Waals surface area contributed by atoms with E-state index in [-0.39, 0.29) is 57.9 Å². The Balaban J connectivity index is 1.27. The van der Waals surface area contributed by atoms with E-state index in [1.807, 2.05) is 57.2 Å². The first-order valence-electron chi connectivity index (χ1n) is 14.9. The number of fused-ring (bicyclic) bond motifs is 9. The number of aromatic amines is 1. The first-order valence-corrected chi connectivity index (χ1v) is 16.6. The van der Waals surface area contributed by atoms with Crippen molar-refractivity contribution in [2.45, 2.75) is 62.5 Å². The number of nitrogens with zero attached hydrogens (tertiary/aromatic N) is 1. The average molecular weight is 619 g/mol. The molecule has 8 atom stereocenters. The molecule has 3 aromatic rings. The molecule has 1 saturated heterocycles. The van der Waals surface area contributed by atoms with Gasteiger partial charge in [-0.3, -0.25) is 19.3 Å². The van der Waals surface area contributed by atoms with E-state index < -0.39 is 23.8 Å². The number of likely N-dealkylation sites (tertiary alicyclic amines) is 1. The van der Waals surface area contributed by atoms with Crippen molar-refractivity contribution in [2.24, 2.45) is 35.5 Å². The fourth-order valence-electron chi connectivity index (χ4n) is 8.29. The number of aliphatic carboxylic acids is 1. The first-order chi connectivity index (χ1) is 20.6. The summed E-state index contributed by atoms with van der Waals surface area (Å²) in [4.78, 5) is 57.7. The fourth-order valence-corrected chi connectivity index (χ4v) is 11.2. The summed E-state index contributed by atoms with van der Waals surface area (Å²) in [5.41, 5.74) is 3.19. The lowest BCUT2D eigenvalue weighted by Crippen LogP contribution is -2.47. The highest BCUT2D eigenvalue weighted by Gasteiger charge is 2.70. The lowest BCUT2D eigenvalue weighted by Gasteiger charge is -2.43. The maximum absolute atomic E-state index is 14.0. The maximum Gasteiger partial charge on any atom is 0.326 e. The normalized spacial score (nSPS) is 29.5. The van der Waals surface area contributed by atoms with Crippen LogP contribution in [0.5, 0.6) is 5.75 Å². The maximum atomic E-state index is 14.0. The van der Waals surface area contributed by atoms with Crippen LogP contribution in [0.2, 0.25) is 0 Å². The van der Waals surface area contributed by atoms with Crippen LogP contribution in [-0.4, -0.2) is 44.1 Å². The molecule has 43 heavy (non-hydrogen) atoms. The number of benzene rings is 2. The Morgan fingerprint density at radius 2 is 1.81 bits per heavy atom. The van der Waals surface area contributed by atoms with E-state index in [4.69, 9.17) is 4.74 Å². The molecule has 0 spiro atoms. The molecule has 1 aromatic heterocycles.